The van der Waals surface area contributed by atoms with E-state index in [1.165, 1.54) is 12.8 Å². The van der Waals surface area contributed by atoms with Crippen molar-refractivity contribution in [3.05, 3.63) is 35.8 Å². The van der Waals surface area contributed by atoms with Gasteiger partial charge in [0.25, 0.3) is 5.91 Å². The predicted octanol–water partition coefficient (Wildman–Crippen LogP) is 1.51. The molecule has 2 aliphatic heterocycles. The van der Waals surface area contributed by atoms with Crippen LogP contribution < -0.4 is 5.32 Å². The van der Waals surface area contributed by atoms with Crippen molar-refractivity contribution in [3.63, 3.8) is 0 Å². The average molecular weight is 386 g/mol. The first-order valence-corrected chi connectivity index (χ1v) is 10.6. The minimum Gasteiger partial charge on any atom is -0.395 e. The van der Waals surface area contributed by atoms with Crippen LogP contribution in [0.15, 0.2) is 24.4 Å². The summed E-state index contributed by atoms with van der Waals surface area (Å²) < 4.78 is 2.02. The molecular weight excluding hydrogens is 354 g/mol. The van der Waals surface area contributed by atoms with E-state index >= 15 is 0 Å². The van der Waals surface area contributed by atoms with Crippen LogP contribution in [0.25, 0.3) is 5.65 Å². The van der Waals surface area contributed by atoms with Gasteiger partial charge < -0.3 is 19.7 Å². The van der Waals surface area contributed by atoms with Crippen molar-refractivity contribution < 1.29 is 9.90 Å². The number of imidazole rings is 1. The molecule has 0 aromatic carbocycles. The summed E-state index contributed by atoms with van der Waals surface area (Å²) in [7, 11) is 0. The Kier molecular flexibility index (Phi) is 6.24. The molecule has 0 spiro atoms. The number of aromatic nitrogens is 2. The third-order valence-electron chi connectivity index (χ3n) is 6.05. The monoisotopic (exact) mass is 385 g/mol. The summed E-state index contributed by atoms with van der Waals surface area (Å²) in [5.41, 5.74) is 2.33. The molecule has 0 unspecified atom stereocenters. The molecule has 0 bridgehead atoms. The topological polar surface area (TPSA) is 73.1 Å². The summed E-state index contributed by atoms with van der Waals surface area (Å²) in [4.78, 5) is 21.9. The molecule has 2 saturated heterocycles. The van der Waals surface area contributed by atoms with E-state index in [2.05, 4.69) is 15.2 Å². The molecule has 7 nitrogen and oxygen atoms in total. The second kappa shape index (κ2) is 9.03. The average Bonchev–Trinajstić information content (AvgIpc) is 3.39. The highest BCUT2D eigenvalue weighted by molar-refractivity contribution is 5.94. The molecule has 152 valence electrons. The summed E-state index contributed by atoms with van der Waals surface area (Å²) in [6, 6.07) is 6.17. The van der Waals surface area contributed by atoms with E-state index in [1.807, 2.05) is 33.7 Å². The Bertz CT molecular complexity index is 799. The summed E-state index contributed by atoms with van der Waals surface area (Å²) in [6.45, 7) is 5.31. The Hall–Kier alpha value is -1.96. The highest BCUT2D eigenvalue weighted by Gasteiger charge is 2.26. The van der Waals surface area contributed by atoms with Crippen molar-refractivity contribution >= 4 is 11.6 Å². The number of carbonyl (C=O) groups excluding carboxylic acids is 1. The number of aliphatic hydroxyl groups excluding tert-OH is 1. The van der Waals surface area contributed by atoms with Crippen LogP contribution in [0, 0.1) is 0 Å². The molecule has 2 aliphatic rings. The molecule has 0 radical (unpaired) electrons. The molecular formula is C21H31N5O2. The van der Waals surface area contributed by atoms with Gasteiger partial charge in [-0.3, -0.25) is 9.69 Å². The fourth-order valence-corrected chi connectivity index (χ4v) is 4.45. The van der Waals surface area contributed by atoms with Crippen molar-refractivity contribution in [2.45, 2.75) is 44.7 Å². The van der Waals surface area contributed by atoms with Crippen LogP contribution in [0.1, 0.15) is 48.3 Å². The first kappa shape index (κ1) is 19.4. The van der Waals surface area contributed by atoms with Crippen LogP contribution in [0.4, 0.5) is 0 Å². The zero-order valence-corrected chi connectivity index (χ0v) is 16.5. The van der Waals surface area contributed by atoms with Crippen molar-refractivity contribution in [1.82, 2.24) is 24.5 Å². The lowest BCUT2D eigenvalue weighted by Crippen LogP contribution is -2.44. The highest BCUT2D eigenvalue weighted by Crippen LogP contribution is 2.18. The Morgan fingerprint density at radius 1 is 1.18 bits per heavy atom. The number of nitrogens with one attached hydrogen (secondary N) is 1. The maximum Gasteiger partial charge on any atom is 0.274 e. The van der Waals surface area contributed by atoms with E-state index in [0.717, 1.165) is 63.3 Å². The molecule has 4 heterocycles. The summed E-state index contributed by atoms with van der Waals surface area (Å²) >= 11 is 0. The van der Waals surface area contributed by atoms with Crippen LogP contribution in [0.2, 0.25) is 0 Å². The molecule has 0 saturated carbocycles. The van der Waals surface area contributed by atoms with E-state index in [9.17, 15) is 9.90 Å². The molecule has 2 N–H and O–H groups in total. The molecule has 1 atom stereocenters. The fraction of sp³-hybridized carbons (Fsp3) is 0.619. The Morgan fingerprint density at radius 3 is 2.82 bits per heavy atom. The number of piperidine rings is 1. The van der Waals surface area contributed by atoms with Gasteiger partial charge in [0.1, 0.15) is 5.65 Å². The van der Waals surface area contributed by atoms with Crippen LogP contribution in [0.5, 0.6) is 0 Å². The van der Waals surface area contributed by atoms with Crippen molar-refractivity contribution in [1.29, 1.82) is 0 Å². The van der Waals surface area contributed by atoms with E-state index in [4.69, 9.17) is 0 Å². The number of hydrogen-bond acceptors (Lipinski definition) is 5. The number of aliphatic hydroxyl groups is 1. The van der Waals surface area contributed by atoms with E-state index in [-0.39, 0.29) is 12.5 Å². The third-order valence-corrected chi connectivity index (χ3v) is 6.05. The van der Waals surface area contributed by atoms with Gasteiger partial charge in [-0.2, -0.15) is 0 Å². The third kappa shape index (κ3) is 4.06. The first-order chi connectivity index (χ1) is 13.8. The quantitative estimate of drug-likeness (QED) is 0.707. The van der Waals surface area contributed by atoms with Gasteiger partial charge in [-0.15, -0.1) is 0 Å². The minimum atomic E-state index is 0.0503. The van der Waals surface area contributed by atoms with Gasteiger partial charge in [0, 0.05) is 45.0 Å². The van der Waals surface area contributed by atoms with Crippen LogP contribution in [0.3, 0.4) is 0 Å². The summed E-state index contributed by atoms with van der Waals surface area (Å²) in [5, 5.41) is 13.1. The minimum absolute atomic E-state index is 0.0503. The molecule has 28 heavy (non-hydrogen) atoms. The Balaban J connectivity index is 1.43. The Morgan fingerprint density at radius 2 is 2.00 bits per heavy atom. The molecule has 2 aromatic rings. The number of rotatable bonds is 7. The molecule has 1 amide bonds. The second-order valence-electron chi connectivity index (χ2n) is 7.88. The van der Waals surface area contributed by atoms with Crippen molar-refractivity contribution in [2.24, 2.45) is 0 Å². The number of carbonyl (C=O) groups is 1. The lowest BCUT2D eigenvalue weighted by Gasteiger charge is -2.34. The van der Waals surface area contributed by atoms with Gasteiger partial charge in [-0.25, -0.2) is 4.98 Å². The van der Waals surface area contributed by atoms with Gasteiger partial charge >= 0.3 is 0 Å². The van der Waals surface area contributed by atoms with Gasteiger partial charge in [-0.1, -0.05) is 12.5 Å². The van der Waals surface area contributed by atoms with Gasteiger partial charge in [0.05, 0.1) is 12.3 Å². The zero-order valence-electron chi connectivity index (χ0n) is 16.5. The Labute approximate surface area is 166 Å². The zero-order chi connectivity index (χ0) is 19.3. The fourth-order valence-electron chi connectivity index (χ4n) is 4.45. The molecule has 4 rings (SSSR count). The van der Waals surface area contributed by atoms with E-state index < -0.39 is 0 Å². The molecule has 2 fully saturated rings. The lowest BCUT2D eigenvalue weighted by atomic mass is 10.0. The van der Waals surface area contributed by atoms with Gasteiger partial charge in [0.15, 0.2) is 5.69 Å². The maximum absolute atomic E-state index is 13.0. The highest BCUT2D eigenvalue weighted by atomic mass is 16.3. The van der Waals surface area contributed by atoms with Crippen LogP contribution in [-0.4, -0.2) is 75.6 Å². The van der Waals surface area contributed by atoms with Crippen LogP contribution in [-0.2, 0) is 6.54 Å². The van der Waals surface area contributed by atoms with Crippen LogP contribution >= 0.6 is 0 Å². The first-order valence-electron chi connectivity index (χ1n) is 10.6. The molecule has 0 aliphatic carbocycles. The van der Waals surface area contributed by atoms with Crippen molar-refractivity contribution in [2.75, 3.05) is 39.3 Å². The lowest BCUT2D eigenvalue weighted by molar-refractivity contribution is 0.0786. The smallest absolute Gasteiger partial charge is 0.274 e. The summed E-state index contributed by atoms with van der Waals surface area (Å²) in [5.74, 6) is 0.0503. The van der Waals surface area contributed by atoms with E-state index in [0.29, 0.717) is 18.3 Å². The number of nitrogens with zero attached hydrogens (tertiary/aromatic N) is 4. The maximum atomic E-state index is 13.0. The number of likely N-dealkylation sites (tertiary alicyclic amines) is 2. The van der Waals surface area contributed by atoms with E-state index in [1.54, 1.807) is 0 Å². The number of amides is 1. The van der Waals surface area contributed by atoms with Gasteiger partial charge in [0.2, 0.25) is 0 Å². The largest absolute Gasteiger partial charge is 0.395 e. The second-order valence-corrected chi connectivity index (χ2v) is 7.88. The predicted molar refractivity (Wildman–Crippen MR) is 108 cm³/mol. The number of fused-ring (bicyclic) bond motifs is 1. The van der Waals surface area contributed by atoms with Gasteiger partial charge in [-0.05, 0) is 44.4 Å². The number of hydrogen-bond donors (Lipinski definition) is 2. The molecule has 7 heteroatoms. The number of pyridine rings is 1. The van der Waals surface area contributed by atoms with Crippen molar-refractivity contribution in [3.8, 4) is 0 Å². The normalized spacial score (nSPS) is 20.9. The summed E-state index contributed by atoms with van der Waals surface area (Å²) in [6.07, 6.45) is 7.63. The standard InChI is InChI=1S/C21H31N5O2/c27-16-17-7-1-3-10-24(17)14-9-22-15-18-20(21(28)25-11-5-6-12-25)23-19-8-2-4-13-26(18)19/h2,4,8,13,17,22,27H,1,3,5-7,9-12,14-16H2/t17-/m1/s1. The molecule has 2 aromatic heterocycles. The SMILES string of the molecule is O=C(c1nc2ccccn2c1CNCCN1CCCC[C@@H]1CO)N1CCCC1.